The smallest absolute Gasteiger partial charge is 0.254 e. The van der Waals surface area contributed by atoms with E-state index in [1.54, 1.807) is 4.90 Å². The van der Waals surface area contributed by atoms with Crippen LogP contribution in [-0.2, 0) is 33.1 Å². The highest BCUT2D eigenvalue weighted by Crippen LogP contribution is 2.40. The van der Waals surface area contributed by atoms with E-state index in [1.165, 1.54) is 30.3 Å². The molecule has 240 valence electrons. The molecule has 5 N–H and O–H groups in total. The van der Waals surface area contributed by atoms with Crippen LogP contribution in [0.25, 0.3) is 0 Å². The van der Waals surface area contributed by atoms with Gasteiger partial charge in [0.25, 0.3) is 5.91 Å². The second kappa shape index (κ2) is 11.8. The predicted molar refractivity (Wildman–Crippen MR) is 164 cm³/mol. The van der Waals surface area contributed by atoms with Crippen molar-refractivity contribution in [3.05, 3.63) is 64.5 Å². The lowest BCUT2D eigenvalue weighted by Crippen LogP contribution is -2.79. The van der Waals surface area contributed by atoms with Gasteiger partial charge in [-0.3, -0.25) is 19.3 Å². The molecule has 16 heteroatoms. The Labute approximate surface area is 270 Å². The summed E-state index contributed by atoms with van der Waals surface area (Å²) in [5, 5.41) is 44.7. The van der Waals surface area contributed by atoms with Crippen LogP contribution in [0.3, 0.4) is 0 Å². The van der Waals surface area contributed by atoms with Crippen molar-refractivity contribution in [3.8, 4) is 5.75 Å². The van der Waals surface area contributed by atoms with E-state index in [1.807, 2.05) is 27.7 Å². The third-order valence-corrected chi connectivity index (χ3v) is 8.26. The number of fused-ring (bicyclic) bond motifs is 1. The molecule has 0 saturated carbocycles. The number of morpholine rings is 1. The molecule has 1 fully saturated rings. The van der Waals surface area contributed by atoms with Gasteiger partial charge in [0.15, 0.2) is 6.29 Å². The van der Waals surface area contributed by atoms with Crippen LogP contribution < -0.4 is 10.1 Å². The number of ether oxygens (including phenoxy) is 2. The number of benzene rings is 2. The third kappa shape index (κ3) is 5.98. The molecule has 3 atom stereocenters. The Bertz CT molecular complexity index is 1540. The highest BCUT2D eigenvalue weighted by molar-refractivity contribution is 6.38. The number of nitrogens with zero attached hydrogens (tertiary/aromatic N) is 2. The Morgan fingerprint density at radius 2 is 1.70 bits per heavy atom. The van der Waals surface area contributed by atoms with Crippen molar-refractivity contribution in [2.24, 2.45) is 0 Å². The number of aldehydes is 1. The van der Waals surface area contributed by atoms with Crippen molar-refractivity contribution < 1.29 is 48.7 Å². The summed E-state index contributed by atoms with van der Waals surface area (Å²) in [6.45, 7) is 7.10. The molecule has 12 nitrogen and oxygen atoms in total. The van der Waals surface area contributed by atoms with E-state index in [9.17, 15) is 34.8 Å². The summed E-state index contributed by atoms with van der Waals surface area (Å²) in [4.78, 5) is 40.0. The first-order valence-electron chi connectivity index (χ1n) is 14.3. The predicted octanol–water partition coefficient (Wildman–Crippen LogP) is -1.13. The molecule has 6 radical (unpaired) electrons. The average molecular weight is 633 g/mol. The minimum Gasteiger partial charge on any atom is -0.488 e. The van der Waals surface area contributed by atoms with Crippen molar-refractivity contribution in [2.45, 2.75) is 74.4 Å². The lowest BCUT2D eigenvalue weighted by molar-refractivity contribution is -0.240. The number of carbonyl (C=O) groups excluding carboxylic acids is 3. The molecule has 2 heterocycles. The van der Waals surface area contributed by atoms with Crippen LogP contribution in [0, 0.1) is 5.82 Å². The Balaban J connectivity index is 1.64. The van der Waals surface area contributed by atoms with E-state index in [-0.39, 0.29) is 41.1 Å². The quantitative estimate of drug-likeness (QED) is 0.123. The number of amides is 2. The number of rotatable bonds is 10. The summed E-state index contributed by atoms with van der Waals surface area (Å²) >= 11 is 0. The van der Waals surface area contributed by atoms with Crippen LogP contribution in [0.1, 0.15) is 54.7 Å². The zero-order valence-electron chi connectivity index (χ0n) is 26.2. The normalized spacial score (nSPS) is 21.8. The van der Waals surface area contributed by atoms with Crippen molar-refractivity contribution in [3.63, 3.8) is 0 Å². The van der Waals surface area contributed by atoms with Gasteiger partial charge >= 0.3 is 0 Å². The van der Waals surface area contributed by atoms with Gasteiger partial charge in [0.05, 0.1) is 23.4 Å². The Morgan fingerprint density at radius 1 is 1.09 bits per heavy atom. The van der Waals surface area contributed by atoms with E-state index >= 15 is 4.39 Å². The third-order valence-electron chi connectivity index (χ3n) is 8.26. The molecule has 3 unspecified atom stereocenters. The SMILES string of the molecule is [B]C(O)(c1ccc(F)c(COc2cccc3c2CN(C([B])(C(=O)NC)C([B])(O)C(O)(O)C=O)C3=O)c1)N1CC(C)(C)OC(C)(C)C1. The molecular formula is C30H35B3FN3O9. The molecule has 2 aliphatic heterocycles. The number of nitrogens with one attached hydrogen (secondary N) is 1. The number of aliphatic hydroxyl groups is 4. The van der Waals surface area contributed by atoms with Crippen molar-refractivity contribution in [1.29, 1.82) is 0 Å². The Hall–Kier alpha value is -3.27. The first kappa shape index (κ1) is 35.6. The molecule has 0 aromatic heterocycles. The van der Waals surface area contributed by atoms with Crippen LogP contribution in [0.2, 0.25) is 0 Å². The summed E-state index contributed by atoms with van der Waals surface area (Å²) in [5.74, 6) is -6.67. The molecule has 0 aliphatic carbocycles. The molecule has 0 bridgehead atoms. The summed E-state index contributed by atoms with van der Waals surface area (Å²) < 4.78 is 27.0. The molecule has 2 aromatic rings. The fourth-order valence-electron chi connectivity index (χ4n) is 6.07. The van der Waals surface area contributed by atoms with Gasteiger partial charge in [-0.15, -0.1) is 0 Å². The summed E-state index contributed by atoms with van der Waals surface area (Å²) in [5.41, 5.74) is -9.68. The topological polar surface area (TPSA) is 169 Å². The molecule has 1 saturated heterocycles. The maximum absolute atomic E-state index is 15.0. The largest absolute Gasteiger partial charge is 0.488 e. The number of hydrogen-bond acceptors (Lipinski definition) is 10. The Kier molecular flexibility index (Phi) is 9.10. The van der Waals surface area contributed by atoms with Gasteiger partial charge in [-0.2, -0.15) is 0 Å². The fourth-order valence-corrected chi connectivity index (χ4v) is 6.07. The van der Waals surface area contributed by atoms with E-state index < -0.39 is 70.6 Å². The number of likely N-dealkylation sites (N-methyl/N-ethyl adjacent to an activating group) is 1. The zero-order valence-corrected chi connectivity index (χ0v) is 26.2. The number of carbonyl (C=O) groups is 3. The summed E-state index contributed by atoms with van der Waals surface area (Å²) in [6.07, 6.45) is -0.536. The highest BCUT2D eigenvalue weighted by Gasteiger charge is 2.64. The lowest BCUT2D eigenvalue weighted by atomic mass is 9.51. The van der Waals surface area contributed by atoms with Gasteiger partial charge in [-0.25, -0.2) is 4.39 Å². The molecule has 0 spiro atoms. The first-order valence-corrected chi connectivity index (χ1v) is 14.3. The van der Waals surface area contributed by atoms with Crippen LogP contribution >= 0.6 is 0 Å². The summed E-state index contributed by atoms with van der Waals surface area (Å²) in [7, 11) is 19.4. The van der Waals surface area contributed by atoms with Crippen LogP contribution in [-0.4, -0.2) is 120 Å². The van der Waals surface area contributed by atoms with Gasteiger partial charge in [-0.05, 0) is 57.5 Å². The van der Waals surface area contributed by atoms with Gasteiger partial charge in [0.1, 0.15) is 52.7 Å². The first-order chi connectivity index (χ1) is 21.0. The van der Waals surface area contributed by atoms with Crippen molar-refractivity contribution in [1.82, 2.24) is 15.1 Å². The summed E-state index contributed by atoms with van der Waals surface area (Å²) in [6, 6.07) is 8.10. The molecule has 4 rings (SSSR count). The lowest BCUT2D eigenvalue weighted by Gasteiger charge is -2.52. The second-order valence-electron chi connectivity index (χ2n) is 12.9. The fraction of sp³-hybridized carbons (Fsp3) is 0.500. The van der Waals surface area contributed by atoms with Gasteiger partial charge in [-0.1, -0.05) is 12.1 Å². The van der Waals surface area contributed by atoms with Crippen LogP contribution in [0.4, 0.5) is 4.39 Å². The zero-order chi connectivity index (χ0) is 34.7. The van der Waals surface area contributed by atoms with Crippen molar-refractivity contribution >= 4 is 41.6 Å². The van der Waals surface area contributed by atoms with E-state index in [0.29, 0.717) is 4.90 Å². The van der Waals surface area contributed by atoms with Gasteiger partial charge in [0.2, 0.25) is 11.7 Å². The van der Waals surface area contributed by atoms with Crippen LogP contribution in [0.15, 0.2) is 36.4 Å². The van der Waals surface area contributed by atoms with Crippen molar-refractivity contribution in [2.75, 3.05) is 20.1 Å². The average Bonchev–Trinajstić information content (AvgIpc) is 3.31. The molecular weight excluding hydrogens is 598 g/mol. The van der Waals surface area contributed by atoms with Gasteiger partial charge < -0.3 is 40.1 Å². The molecule has 2 amide bonds. The number of halogens is 1. The minimum absolute atomic E-state index is 0.0122. The van der Waals surface area contributed by atoms with Gasteiger partial charge in [0, 0.05) is 36.8 Å². The second-order valence-corrected chi connectivity index (χ2v) is 12.9. The Morgan fingerprint density at radius 3 is 2.26 bits per heavy atom. The van der Waals surface area contributed by atoms with E-state index in [0.717, 1.165) is 13.1 Å². The molecule has 2 aliphatic rings. The minimum atomic E-state index is -3.76. The standard InChI is InChI=1S/C30H35B3FN3O9/c1-25(2)14-36(15-26(3,4)46-25)29(32,43)18-9-10-21(34)17(11-18)13-45-22-8-6-7-19-20(22)12-37(23(19)39)28(31,24(40)35-5)30(33,44)27(41,42)16-38/h6-11,16,41-44H,12-15H2,1-5H3,(H,35,40). The van der Waals surface area contributed by atoms with E-state index in [2.05, 4.69) is 5.32 Å². The molecule has 46 heavy (non-hydrogen) atoms. The monoisotopic (exact) mass is 633 g/mol. The molecule has 2 aromatic carbocycles. The van der Waals surface area contributed by atoms with Crippen LogP contribution in [0.5, 0.6) is 5.75 Å². The highest BCUT2D eigenvalue weighted by atomic mass is 19.1. The maximum atomic E-state index is 15.0. The van der Waals surface area contributed by atoms with E-state index in [4.69, 9.17) is 33.0 Å². The number of hydrogen-bond donors (Lipinski definition) is 5. The maximum Gasteiger partial charge on any atom is 0.254 e.